The number of benzene rings is 1. The quantitative estimate of drug-likeness (QED) is 0.709. The summed E-state index contributed by atoms with van der Waals surface area (Å²) in [6.07, 6.45) is 0. The number of nitrogens with one attached hydrogen (secondary N) is 1. The smallest absolute Gasteiger partial charge is 0.371 e. The molecule has 0 bridgehead atoms. The van der Waals surface area contributed by atoms with Gasteiger partial charge in [0.25, 0.3) is 0 Å². The van der Waals surface area contributed by atoms with Crippen molar-refractivity contribution < 1.29 is 14.3 Å². The minimum absolute atomic E-state index is 0.0291. The van der Waals surface area contributed by atoms with Crippen LogP contribution in [0.2, 0.25) is 0 Å². The Balaban J connectivity index is 1.68. The van der Waals surface area contributed by atoms with E-state index in [0.717, 1.165) is 27.8 Å². The zero-order valence-corrected chi connectivity index (χ0v) is 13.3. The van der Waals surface area contributed by atoms with Crippen LogP contribution >= 0.6 is 27.3 Å². The van der Waals surface area contributed by atoms with E-state index in [1.54, 1.807) is 23.5 Å². The first-order chi connectivity index (χ1) is 10.1. The molecule has 21 heavy (non-hydrogen) atoms. The average molecular weight is 366 g/mol. The molecule has 108 valence electrons. The topological polar surface area (TPSA) is 62.5 Å². The van der Waals surface area contributed by atoms with Gasteiger partial charge in [0.05, 0.1) is 3.79 Å². The largest absolute Gasteiger partial charge is 0.475 e. The van der Waals surface area contributed by atoms with Crippen molar-refractivity contribution in [1.82, 2.24) is 5.32 Å². The second-order valence-corrected chi connectivity index (χ2v) is 7.14. The maximum Gasteiger partial charge on any atom is 0.371 e. The van der Waals surface area contributed by atoms with Crippen LogP contribution in [0.5, 0.6) is 0 Å². The Bertz CT molecular complexity index is 793. The van der Waals surface area contributed by atoms with Crippen LogP contribution in [0.1, 0.15) is 21.0 Å². The number of rotatable bonds is 5. The minimum atomic E-state index is -1.05. The minimum Gasteiger partial charge on any atom is -0.475 e. The molecule has 0 unspecified atom stereocenters. The Morgan fingerprint density at radius 2 is 2.10 bits per heavy atom. The fourth-order valence-corrected chi connectivity index (χ4v) is 3.54. The van der Waals surface area contributed by atoms with Crippen molar-refractivity contribution in [3.05, 3.63) is 56.4 Å². The van der Waals surface area contributed by atoms with E-state index >= 15 is 0 Å². The van der Waals surface area contributed by atoms with Gasteiger partial charge in [0, 0.05) is 23.4 Å². The first-order valence-electron chi connectivity index (χ1n) is 6.32. The fourth-order valence-electron chi connectivity index (χ4n) is 2.08. The lowest BCUT2D eigenvalue weighted by atomic mass is 10.1. The van der Waals surface area contributed by atoms with E-state index in [9.17, 15) is 4.79 Å². The molecule has 3 rings (SSSR count). The van der Waals surface area contributed by atoms with Crippen molar-refractivity contribution in [2.24, 2.45) is 0 Å². The van der Waals surface area contributed by atoms with Gasteiger partial charge in [-0.1, -0.05) is 6.07 Å². The molecule has 0 fully saturated rings. The second kappa shape index (κ2) is 6.01. The van der Waals surface area contributed by atoms with Gasteiger partial charge in [-0.25, -0.2) is 4.79 Å². The molecule has 6 heteroatoms. The normalized spacial score (nSPS) is 11.1. The summed E-state index contributed by atoms with van der Waals surface area (Å²) in [5.41, 5.74) is 1.69. The molecule has 2 heterocycles. The van der Waals surface area contributed by atoms with Gasteiger partial charge in [-0.3, -0.25) is 0 Å². The lowest BCUT2D eigenvalue weighted by Crippen LogP contribution is -2.11. The van der Waals surface area contributed by atoms with Crippen LogP contribution in [0.15, 0.2) is 44.6 Å². The van der Waals surface area contributed by atoms with Crippen LogP contribution in [0, 0.1) is 0 Å². The molecule has 4 nitrogen and oxygen atoms in total. The van der Waals surface area contributed by atoms with Crippen molar-refractivity contribution in [3.63, 3.8) is 0 Å². The third-order valence-electron chi connectivity index (χ3n) is 3.05. The highest BCUT2D eigenvalue weighted by molar-refractivity contribution is 9.11. The van der Waals surface area contributed by atoms with E-state index < -0.39 is 5.97 Å². The Hall–Kier alpha value is -1.63. The number of aromatic carboxylic acids is 1. The van der Waals surface area contributed by atoms with Gasteiger partial charge in [-0.15, -0.1) is 11.3 Å². The highest BCUT2D eigenvalue weighted by Crippen LogP contribution is 2.23. The summed E-state index contributed by atoms with van der Waals surface area (Å²) in [4.78, 5) is 12.1. The molecule has 1 aromatic carbocycles. The fraction of sp³-hybridized carbons (Fsp3) is 0.133. The van der Waals surface area contributed by atoms with Gasteiger partial charge in [0.15, 0.2) is 0 Å². The summed E-state index contributed by atoms with van der Waals surface area (Å²) in [7, 11) is 0. The Morgan fingerprint density at radius 3 is 2.81 bits per heavy atom. The summed E-state index contributed by atoms with van der Waals surface area (Å²) in [6.45, 7) is 1.53. The third-order valence-corrected chi connectivity index (χ3v) is 4.67. The number of furan rings is 1. The molecule has 3 aromatic rings. The van der Waals surface area contributed by atoms with Gasteiger partial charge >= 0.3 is 5.97 Å². The van der Waals surface area contributed by atoms with Crippen molar-refractivity contribution in [2.45, 2.75) is 13.1 Å². The van der Waals surface area contributed by atoms with Gasteiger partial charge in [-0.2, -0.15) is 0 Å². The van der Waals surface area contributed by atoms with Gasteiger partial charge < -0.3 is 14.8 Å². The number of thiophene rings is 1. The molecule has 0 atom stereocenters. The molecule has 2 aromatic heterocycles. The number of carboxylic acid groups (broad SMARTS) is 1. The third kappa shape index (κ3) is 3.34. The summed E-state index contributed by atoms with van der Waals surface area (Å²) in [6, 6.07) is 11.4. The number of carbonyl (C=O) groups is 1. The van der Waals surface area contributed by atoms with E-state index in [4.69, 9.17) is 9.52 Å². The Kier molecular flexibility index (Phi) is 4.10. The van der Waals surface area contributed by atoms with Gasteiger partial charge in [-0.05, 0) is 51.8 Å². The molecule has 0 aliphatic rings. The number of hydrogen-bond donors (Lipinski definition) is 2. The van der Waals surface area contributed by atoms with Crippen LogP contribution in [-0.4, -0.2) is 11.1 Å². The van der Waals surface area contributed by atoms with Crippen LogP contribution in [0.4, 0.5) is 0 Å². The van der Waals surface area contributed by atoms with Crippen LogP contribution in [-0.2, 0) is 13.1 Å². The molecular formula is C15H12BrNO3S. The standard InChI is InChI=1S/C15H12BrNO3S/c16-14-4-2-11(21-14)8-17-7-9-1-3-12-10(5-9)6-13(20-12)15(18)19/h1-6,17H,7-8H2,(H,18,19). The lowest BCUT2D eigenvalue weighted by molar-refractivity contribution is 0.0665. The van der Waals surface area contributed by atoms with Crippen LogP contribution in [0.25, 0.3) is 11.0 Å². The molecule has 0 aliphatic heterocycles. The molecule has 0 spiro atoms. The van der Waals surface area contributed by atoms with E-state index in [-0.39, 0.29) is 5.76 Å². The van der Waals surface area contributed by atoms with Crippen molar-refractivity contribution in [2.75, 3.05) is 0 Å². The summed E-state index contributed by atoms with van der Waals surface area (Å²) in [5, 5.41) is 13.1. The van der Waals surface area contributed by atoms with E-state index in [0.29, 0.717) is 5.58 Å². The maximum absolute atomic E-state index is 10.9. The monoisotopic (exact) mass is 365 g/mol. The highest BCUT2D eigenvalue weighted by Gasteiger charge is 2.10. The van der Waals surface area contributed by atoms with E-state index in [1.807, 2.05) is 18.2 Å². The second-order valence-electron chi connectivity index (χ2n) is 4.60. The molecular weight excluding hydrogens is 354 g/mol. The number of halogens is 1. The summed E-state index contributed by atoms with van der Waals surface area (Å²) >= 11 is 5.15. The summed E-state index contributed by atoms with van der Waals surface area (Å²) < 4.78 is 6.36. The van der Waals surface area contributed by atoms with Crippen molar-refractivity contribution in [1.29, 1.82) is 0 Å². The predicted molar refractivity (Wildman–Crippen MR) is 85.7 cm³/mol. The zero-order valence-electron chi connectivity index (χ0n) is 10.9. The number of carboxylic acids is 1. The first kappa shape index (κ1) is 14.3. The van der Waals surface area contributed by atoms with E-state index in [1.165, 1.54) is 4.88 Å². The van der Waals surface area contributed by atoms with Crippen molar-refractivity contribution >= 4 is 44.2 Å². The number of fused-ring (bicyclic) bond motifs is 1. The lowest BCUT2D eigenvalue weighted by Gasteiger charge is -2.03. The van der Waals surface area contributed by atoms with E-state index in [2.05, 4.69) is 27.3 Å². The molecule has 0 amide bonds. The molecule has 0 radical (unpaired) electrons. The highest BCUT2D eigenvalue weighted by atomic mass is 79.9. The molecule has 2 N–H and O–H groups in total. The van der Waals surface area contributed by atoms with Crippen molar-refractivity contribution in [3.8, 4) is 0 Å². The average Bonchev–Trinajstić information content (AvgIpc) is 3.04. The first-order valence-corrected chi connectivity index (χ1v) is 7.93. The van der Waals surface area contributed by atoms with Gasteiger partial charge in [0.1, 0.15) is 5.58 Å². The Morgan fingerprint density at radius 1 is 1.24 bits per heavy atom. The molecule has 0 saturated heterocycles. The van der Waals surface area contributed by atoms with Gasteiger partial charge in [0.2, 0.25) is 5.76 Å². The molecule has 0 saturated carbocycles. The maximum atomic E-state index is 10.9. The summed E-state index contributed by atoms with van der Waals surface area (Å²) in [5.74, 6) is -1.08. The van der Waals surface area contributed by atoms with Crippen LogP contribution < -0.4 is 5.32 Å². The van der Waals surface area contributed by atoms with Crippen LogP contribution in [0.3, 0.4) is 0 Å². The Labute approximate surface area is 133 Å². The molecule has 0 aliphatic carbocycles. The number of hydrogen-bond acceptors (Lipinski definition) is 4. The predicted octanol–water partition coefficient (Wildman–Crippen LogP) is 4.24. The zero-order chi connectivity index (χ0) is 14.8. The SMILES string of the molecule is O=C(O)c1cc2cc(CNCc3ccc(Br)s3)ccc2o1.